The van der Waals surface area contributed by atoms with Crippen molar-refractivity contribution in [2.45, 2.75) is 19.9 Å². The Labute approximate surface area is 93.0 Å². The van der Waals surface area contributed by atoms with Crippen LogP contribution < -0.4 is 0 Å². The third kappa shape index (κ3) is 3.37. The number of hydrogen-bond acceptors (Lipinski definition) is 4. The minimum atomic E-state index is -0.693. The molecule has 1 rings (SSSR count). The van der Waals surface area contributed by atoms with E-state index in [1.54, 1.807) is 6.92 Å². The molecule has 5 heteroatoms. The van der Waals surface area contributed by atoms with Crippen LogP contribution in [0.3, 0.4) is 0 Å². The molecular formula is C9H17NO2S2. The van der Waals surface area contributed by atoms with Gasteiger partial charge in [0, 0.05) is 30.6 Å². The molecule has 82 valence electrons. The van der Waals surface area contributed by atoms with Crippen molar-refractivity contribution in [1.82, 2.24) is 4.90 Å². The minimum Gasteiger partial charge on any atom is -0.481 e. The lowest BCUT2D eigenvalue weighted by molar-refractivity contribution is -0.143. The minimum absolute atomic E-state index is 0.145. The van der Waals surface area contributed by atoms with Gasteiger partial charge in [0.05, 0.1) is 5.92 Å². The second-order valence-electron chi connectivity index (χ2n) is 3.55. The van der Waals surface area contributed by atoms with Gasteiger partial charge in [0.2, 0.25) is 0 Å². The molecule has 0 spiro atoms. The van der Waals surface area contributed by atoms with Crippen LogP contribution in [0.15, 0.2) is 0 Å². The average molecular weight is 235 g/mol. The Morgan fingerprint density at radius 1 is 1.29 bits per heavy atom. The highest BCUT2D eigenvalue weighted by molar-refractivity contribution is 8.76. The Morgan fingerprint density at radius 2 is 1.79 bits per heavy atom. The first-order valence-corrected chi connectivity index (χ1v) is 7.33. The molecule has 0 aromatic heterocycles. The van der Waals surface area contributed by atoms with Crippen LogP contribution in [0.25, 0.3) is 0 Å². The summed E-state index contributed by atoms with van der Waals surface area (Å²) in [6.07, 6.45) is 0. The summed E-state index contributed by atoms with van der Waals surface area (Å²) in [7, 11) is 3.77. The first-order chi connectivity index (χ1) is 6.63. The van der Waals surface area contributed by atoms with Gasteiger partial charge in [-0.15, -0.1) is 0 Å². The topological polar surface area (TPSA) is 40.5 Å². The zero-order valence-electron chi connectivity index (χ0n) is 8.60. The van der Waals surface area contributed by atoms with Crippen LogP contribution >= 0.6 is 21.6 Å². The van der Waals surface area contributed by atoms with Crippen molar-refractivity contribution in [3.05, 3.63) is 0 Å². The summed E-state index contributed by atoms with van der Waals surface area (Å²) in [4.78, 5) is 13.1. The summed E-state index contributed by atoms with van der Waals surface area (Å²) < 4.78 is 0. The lowest BCUT2D eigenvalue weighted by Crippen LogP contribution is -2.42. The Hall–Kier alpha value is 0.130. The molecule has 1 aliphatic heterocycles. The summed E-state index contributed by atoms with van der Waals surface area (Å²) in [5.74, 6) is 1.23. The predicted molar refractivity (Wildman–Crippen MR) is 62.8 cm³/mol. The van der Waals surface area contributed by atoms with Gasteiger partial charge in [0.25, 0.3) is 0 Å². The van der Waals surface area contributed by atoms with E-state index >= 15 is 0 Å². The van der Waals surface area contributed by atoms with E-state index in [9.17, 15) is 4.79 Å². The van der Waals surface area contributed by atoms with Crippen LogP contribution in [0.5, 0.6) is 0 Å². The number of carboxylic acids is 1. The van der Waals surface area contributed by atoms with Crippen molar-refractivity contribution >= 4 is 27.6 Å². The van der Waals surface area contributed by atoms with E-state index in [0.717, 1.165) is 24.6 Å². The monoisotopic (exact) mass is 235 g/mol. The second kappa shape index (κ2) is 5.88. The van der Waals surface area contributed by atoms with E-state index < -0.39 is 5.97 Å². The molecule has 3 nitrogen and oxygen atoms in total. The van der Waals surface area contributed by atoms with E-state index in [-0.39, 0.29) is 12.0 Å². The Kier molecular flexibility index (Phi) is 5.12. The van der Waals surface area contributed by atoms with Gasteiger partial charge in [-0.05, 0) is 6.92 Å². The van der Waals surface area contributed by atoms with Crippen LogP contribution in [0.1, 0.15) is 13.8 Å². The van der Waals surface area contributed by atoms with Gasteiger partial charge in [0.15, 0.2) is 0 Å². The molecule has 0 saturated carbocycles. The molecule has 0 radical (unpaired) electrons. The van der Waals surface area contributed by atoms with Crippen LogP contribution in [-0.4, -0.2) is 46.6 Å². The van der Waals surface area contributed by atoms with Crippen molar-refractivity contribution in [2.75, 3.05) is 24.6 Å². The summed E-state index contributed by atoms with van der Waals surface area (Å²) in [6, 6.07) is 0.145. The van der Waals surface area contributed by atoms with E-state index in [0.29, 0.717) is 0 Å². The standard InChI is InChI=1S/C9H17NO2S2/c1-7(9(11)12)8(2)10-3-5-13-14-6-4-10/h7-8H,3-6H2,1-2H3,(H,11,12). The first kappa shape index (κ1) is 12.2. The molecule has 1 saturated heterocycles. The summed E-state index contributed by atoms with van der Waals surface area (Å²) in [6.45, 7) is 5.82. The van der Waals surface area contributed by atoms with Crippen LogP contribution in [-0.2, 0) is 4.79 Å². The molecule has 0 aromatic rings. The molecule has 14 heavy (non-hydrogen) atoms. The highest BCUT2D eigenvalue weighted by Crippen LogP contribution is 2.25. The molecule has 1 aliphatic rings. The molecule has 1 heterocycles. The number of rotatable bonds is 3. The fourth-order valence-electron chi connectivity index (χ4n) is 1.47. The smallest absolute Gasteiger partial charge is 0.307 e. The fourth-order valence-corrected chi connectivity index (χ4v) is 3.48. The molecular weight excluding hydrogens is 218 g/mol. The Morgan fingerprint density at radius 3 is 2.21 bits per heavy atom. The maximum absolute atomic E-state index is 10.8. The molecule has 0 aromatic carbocycles. The Bertz CT molecular complexity index is 193. The average Bonchev–Trinajstić information content (AvgIpc) is 2.43. The SMILES string of the molecule is CC(C(=O)O)C(C)N1CCSSCC1. The maximum atomic E-state index is 10.8. The van der Waals surface area contributed by atoms with E-state index in [2.05, 4.69) is 4.90 Å². The van der Waals surface area contributed by atoms with Gasteiger partial charge in [-0.25, -0.2) is 0 Å². The number of carboxylic acid groups (broad SMARTS) is 1. The highest BCUT2D eigenvalue weighted by atomic mass is 33.1. The van der Waals surface area contributed by atoms with Gasteiger partial charge >= 0.3 is 5.97 Å². The maximum Gasteiger partial charge on any atom is 0.307 e. The quantitative estimate of drug-likeness (QED) is 0.755. The van der Waals surface area contributed by atoms with Crippen molar-refractivity contribution in [3.63, 3.8) is 0 Å². The summed E-state index contributed by atoms with van der Waals surface area (Å²) in [5.41, 5.74) is 0. The van der Waals surface area contributed by atoms with Crippen LogP contribution in [0.2, 0.25) is 0 Å². The summed E-state index contributed by atoms with van der Waals surface area (Å²) >= 11 is 0. The van der Waals surface area contributed by atoms with Crippen LogP contribution in [0, 0.1) is 5.92 Å². The van der Waals surface area contributed by atoms with E-state index in [1.807, 2.05) is 28.5 Å². The van der Waals surface area contributed by atoms with Crippen molar-refractivity contribution in [2.24, 2.45) is 5.92 Å². The second-order valence-corrected chi connectivity index (χ2v) is 6.25. The lowest BCUT2D eigenvalue weighted by atomic mass is 10.0. The van der Waals surface area contributed by atoms with Crippen LogP contribution in [0.4, 0.5) is 0 Å². The fraction of sp³-hybridized carbons (Fsp3) is 0.889. The molecule has 1 fully saturated rings. The zero-order valence-corrected chi connectivity index (χ0v) is 10.2. The predicted octanol–water partition coefficient (Wildman–Crippen LogP) is 1.79. The van der Waals surface area contributed by atoms with Crippen molar-refractivity contribution < 1.29 is 9.90 Å². The number of hydrogen-bond donors (Lipinski definition) is 1. The lowest BCUT2D eigenvalue weighted by Gasteiger charge is -2.29. The molecule has 0 amide bonds. The number of aliphatic carboxylic acids is 1. The van der Waals surface area contributed by atoms with Gasteiger partial charge in [-0.2, -0.15) is 0 Å². The van der Waals surface area contributed by atoms with E-state index in [4.69, 9.17) is 5.11 Å². The number of nitrogens with zero attached hydrogens (tertiary/aromatic N) is 1. The van der Waals surface area contributed by atoms with Gasteiger partial charge in [-0.3, -0.25) is 9.69 Å². The highest BCUT2D eigenvalue weighted by Gasteiger charge is 2.25. The van der Waals surface area contributed by atoms with Crippen molar-refractivity contribution in [1.29, 1.82) is 0 Å². The normalized spacial score (nSPS) is 23.9. The first-order valence-electron chi connectivity index (χ1n) is 4.84. The molecule has 0 aliphatic carbocycles. The molecule has 1 N–H and O–H groups in total. The van der Waals surface area contributed by atoms with Gasteiger partial charge in [-0.1, -0.05) is 28.5 Å². The van der Waals surface area contributed by atoms with Gasteiger partial charge in [0.1, 0.15) is 0 Å². The number of carbonyl (C=O) groups is 1. The van der Waals surface area contributed by atoms with Crippen molar-refractivity contribution in [3.8, 4) is 0 Å². The zero-order chi connectivity index (χ0) is 10.6. The van der Waals surface area contributed by atoms with Gasteiger partial charge < -0.3 is 5.11 Å². The summed E-state index contributed by atoms with van der Waals surface area (Å²) in [5, 5.41) is 8.92. The Balaban J connectivity index is 2.48. The molecule has 2 unspecified atom stereocenters. The largest absolute Gasteiger partial charge is 0.481 e. The van der Waals surface area contributed by atoms with E-state index in [1.165, 1.54) is 0 Å². The third-order valence-corrected chi connectivity index (χ3v) is 5.06. The molecule has 2 atom stereocenters. The molecule has 0 bridgehead atoms. The third-order valence-electron chi connectivity index (χ3n) is 2.70.